The molecule has 102 valence electrons. The smallest absolute Gasteiger partial charge is 0.227 e. The van der Waals surface area contributed by atoms with Gasteiger partial charge in [-0.3, -0.25) is 0 Å². The molecule has 0 amide bonds. The lowest BCUT2D eigenvalue weighted by Crippen LogP contribution is -1.99. The molecule has 3 heteroatoms. The number of aryl methyl sites for hydroxylation is 1. The molecule has 0 aliphatic carbocycles. The zero-order chi connectivity index (χ0) is 13.8. The van der Waals surface area contributed by atoms with Gasteiger partial charge in [-0.2, -0.15) is 0 Å². The average Bonchev–Trinajstić information content (AvgIpc) is 2.92. The Morgan fingerprint density at radius 3 is 2.60 bits per heavy atom. The van der Waals surface area contributed by atoms with Crippen LogP contribution in [0.3, 0.4) is 0 Å². The third-order valence-corrected chi connectivity index (χ3v) is 3.44. The first kappa shape index (κ1) is 12.9. The molecule has 0 fully saturated rings. The van der Waals surface area contributed by atoms with Gasteiger partial charge in [0.2, 0.25) is 5.89 Å². The van der Waals surface area contributed by atoms with E-state index in [-0.39, 0.29) is 0 Å². The van der Waals surface area contributed by atoms with Crippen molar-refractivity contribution >= 4 is 11.1 Å². The molecule has 0 atom stereocenters. The van der Waals surface area contributed by atoms with Crippen LogP contribution in [0.4, 0.5) is 0 Å². The number of aromatic nitrogens is 1. The summed E-state index contributed by atoms with van der Waals surface area (Å²) in [6.45, 7) is 0.741. The summed E-state index contributed by atoms with van der Waals surface area (Å²) in [5.41, 5.74) is 9.65. The van der Waals surface area contributed by atoms with Crippen molar-refractivity contribution in [2.24, 2.45) is 5.73 Å². The first-order valence-corrected chi connectivity index (χ1v) is 7.02. The van der Waals surface area contributed by atoms with E-state index < -0.39 is 0 Å². The number of oxazole rings is 1. The molecule has 3 rings (SSSR count). The van der Waals surface area contributed by atoms with Gasteiger partial charge in [-0.05, 0) is 49.6 Å². The van der Waals surface area contributed by atoms with Crippen LogP contribution in [0.1, 0.15) is 18.4 Å². The lowest BCUT2D eigenvalue weighted by atomic mass is 10.0. The minimum absolute atomic E-state index is 0.703. The first-order chi connectivity index (χ1) is 9.88. The van der Waals surface area contributed by atoms with E-state index in [4.69, 9.17) is 10.2 Å². The molecule has 1 aromatic heterocycles. The van der Waals surface area contributed by atoms with E-state index in [9.17, 15) is 0 Å². The Morgan fingerprint density at radius 1 is 0.950 bits per heavy atom. The van der Waals surface area contributed by atoms with Crippen molar-refractivity contribution in [3.8, 4) is 11.5 Å². The lowest BCUT2D eigenvalue weighted by molar-refractivity contribution is 0.618. The van der Waals surface area contributed by atoms with Crippen LogP contribution in [-0.4, -0.2) is 11.5 Å². The highest BCUT2D eigenvalue weighted by molar-refractivity contribution is 5.76. The number of rotatable bonds is 5. The molecule has 0 saturated carbocycles. The van der Waals surface area contributed by atoms with Gasteiger partial charge in [0.25, 0.3) is 0 Å². The number of hydrogen-bond acceptors (Lipinski definition) is 3. The van der Waals surface area contributed by atoms with Crippen molar-refractivity contribution in [2.75, 3.05) is 6.54 Å². The number of hydrogen-bond donors (Lipinski definition) is 1. The summed E-state index contributed by atoms with van der Waals surface area (Å²) < 4.78 is 5.87. The van der Waals surface area contributed by atoms with Crippen molar-refractivity contribution < 1.29 is 4.42 Å². The Hall–Kier alpha value is -2.13. The highest BCUT2D eigenvalue weighted by Crippen LogP contribution is 2.27. The normalized spacial score (nSPS) is 11.1. The standard InChI is InChI=1S/C17H18N2O/c18-12-6-5-8-13-7-1-2-9-14(13)17-19-15-10-3-4-11-16(15)20-17/h1-4,7,9-11H,5-6,8,12,18H2. The van der Waals surface area contributed by atoms with Gasteiger partial charge in [-0.25, -0.2) is 4.98 Å². The molecule has 0 aliphatic rings. The summed E-state index contributed by atoms with van der Waals surface area (Å²) in [5.74, 6) is 0.703. The van der Waals surface area contributed by atoms with Gasteiger partial charge in [0.05, 0.1) is 0 Å². The van der Waals surface area contributed by atoms with E-state index in [0.717, 1.165) is 42.5 Å². The number of fused-ring (bicyclic) bond motifs is 1. The monoisotopic (exact) mass is 266 g/mol. The highest BCUT2D eigenvalue weighted by Gasteiger charge is 2.11. The summed E-state index contributed by atoms with van der Waals surface area (Å²) in [4.78, 5) is 4.58. The Labute approximate surface area is 118 Å². The van der Waals surface area contributed by atoms with Crippen molar-refractivity contribution in [3.63, 3.8) is 0 Å². The van der Waals surface area contributed by atoms with Gasteiger partial charge in [0, 0.05) is 5.56 Å². The average molecular weight is 266 g/mol. The maximum Gasteiger partial charge on any atom is 0.227 e. The fourth-order valence-corrected chi connectivity index (χ4v) is 2.39. The van der Waals surface area contributed by atoms with Crippen LogP contribution < -0.4 is 5.73 Å². The Kier molecular flexibility index (Phi) is 3.79. The second-order valence-corrected chi connectivity index (χ2v) is 4.89. The molecule has 0 bridgehead atoms. The molecule has 0 unspecified atom stereocenters. The van der Waals surface area contributed by atoms with Crippen LogP contribution in [0.25, 0.3) is 22.6 Å². The van der Waals surface area contributed by atoms with Crippen LogP contribution in [0, 0.1) is 0 Å². The summed E-state index contributed by atoms with van der Waals surface area (Å²) in [6, 6.07) is 16.2. The Bertz CT molecular complexity index is 670. The van der Waals surface area contributed by atoms with Gasteiger partial charge in [0.1, 0.15) is 5.52 Å². The summed E-state index contributed by atoms with van der Waals surface area (Å²) >= 11 is 0. The van der Waals surface area contributed by atoms with Crippen LogP contribution in [0.15, 0.2) is 52.9 Å². The molecule has 0 spiro atoms. The number of benzene rings is 2. The van der Waals surface area contributed by atoms with Gasteiger partial charge >= 0.3 is 0 Å². The predicted octanol–water partition coefficient (Wildman–Crippen LogP) is 3.78. The third kappa shape index (κ3) is 2.58. The Morgan fingerprint density at radius 2 is 1.75 bits per heavy atom. The summed E-state index contributed by atoms with van der Waals surface area (Å²) in [5, 5.41) is 0. The highest BCUT2D eigenvalue weighted by atomic mass is 16.3. The fraction of sp³-hybridized carbons (Fsp3) is 0.235. The molecule has 3 aromatic rings. The quantitative estimate of drug-likeness (QED) is 0.715. The largest absolute Gasteiger partial charge is 0.436 e. The molecule has 1 heterocycles. The van der Waals surface area contributed by atoms with Crippen LogP contribution in [-0.2, 0) is 6.42 Å². The number of nitrogens with zero attached hydrogens (tertiary/aromatic N) is 1. The van der Waals surface area contributed by atoms with Crippen molar-refractivity contribution in [2.45, 2.75) is 19.3 Å². The molecular formula is C17H18N2O. The molecule has 3 nitrogen and oxygen atoms in total. The Balaban J connectivity index is 1.96. The van der Waals surface area contributed by atoms with Gasteiger partial charge in [-0.1, -0.05) is 30.3 Å². The molecule has 0 aliphatic heterocycles. The molecule has 0 saturated heterocycles. The van der Waals surface area contributed by atoms with Crippen LogP contribution in [0.2, 0.25) is 0 Å². The number of nitrogens with two attached hydrogens (primary N) is 1. The first-order valence-electron chi connectivity index (χ1n) is 7.02. The van der Waals surface area contributed by atoms with E-state index in [1.807, 2.05) is 30.3 Å². The molecule has 0 radical (unpaired) electrons. The van der Waals surface area contributed by atoms with Crippen molar-refractivity contribution in [1.29, 1.82) is 0 Å². The zero-order valence-electron chi connectivity index (χ0n) is 11.4. The molecule has 2 aromatic carbocycles. The fourth-order valence-electron chi connectivity index (χ4n) is 2.39. The van der Waals surface area contributed by atoms with Crippen molar-refractivity contribution in [3.05, 3.63) is 54.1 Å². The zero-order valence-corrected chi connectivity index (χ0v) is 11.4. The van der Waals surface area contributed by atoms with Crippen LogP contribution in [0.5, 0.6) is 0 Å². The van der Waals surface area contributed by atoms with E-state index >= 15 is 0 Å². The SMILES string of the molecule is NCCCCc1ccccc1-c1nc2ccccc2o1. The summed E-state index contributed by atoms with van der Waals surface area (Å²) in [7, 11) is 0. The topological polar surface area (TPSA) is 52.0 Å². The number of para-hydroxylation sites is 2. The van der Waals surface area contributed by atoms with Gasteiger partial charge in [0.15, 0.2) is 5.58 Å². The van der Waals surface area contributed by atoms with Crippen LogP contribution >= 0.6 is 0 Å². The molecule has 2 N–H and O–H groups in total. The molecule has 20 heavy (non-hydrogen) atoms. The maximum atomic E-state index is 5.87. The van der Waals surface area contributed by atoms with Crippen molar-refractivity contribution in [1.82, 2.24) is 4.98 Å². The summed E-state index contributed by atoms with van der Waals surface area (Å²) in [6.07, 6.45) is 3.14. The van der Waals surface area contributed by atoms with E-state index in [2.05, 4.69) is 23.2 Å². The lowest BCUT2D eigenvalue weighted by Gasteiger charge is -2.05. The minimum atomic E-state index is 0.703. The van der Waals surface area contributed by atoms with E-state index in [1.165, 1.54) is 5.56 Å². The third-order valence-electron chi connectivity index (χ3n) is 3.44. The second kappa shape index (κ2) is 5.88. The predicted molar refractivity (Wildman–Crippen MR) is 81.4 cm³/mol. The molecular weight excluding hydrogens is 248 g/mol. The van der Waals surface area contributed by atoms with E-state index in [1.54, 1.807) is 0 Å². The second-order valence-electron chi connectivity index (χ2n) is 4.89. The van der Waals surface area contributed by atoms with Gasteiger partial charge in [-0.15, -0.1) is 0 Å². The maximum absolute atomic E-state index is 5.87. The minimum Gasteiger partial charge on any atom is -0.436 e. The van der Waals surface area contributed by atoms with Gasteiger partial charge < -0.3 is 10.2 Å². The number of unbranched alkanes of at least 4 members (excludes halogenated alkanes) is 1. The van der Waals surface area contributed by atoms with E-state index in [0.29, 0.717) is 5.89 Å².